The van der Waals surface area contributed by atoms with E-state index >= 15 is 0 Å². The van der Waals surface area contributed by atoms with Gasteiger partial charge in [-0.15, -0.1) is 0 Å². The number of anilines is 2. The average molecular weight is 429 g/mol. The average Bonchev–Trinajstić information content (AvgIpc) is 2.71. The number of carboxylic acids is 1. The Balaban J connectivity index is 0.00000124. The molecule has 30 heavy (non-hydrogen) atoms. The van der Waals surface area contributed by atoms with Gasteiger partial charge in [0.1, 0.15) is 17.2 Å². The number of rotatable bonds is 5. The predicted octanol–water partition coefficient (Wildman–Crippen LogP) is 6.07. The van der Waals surface area contributed by atoms with Crippen LogP contribution in [-0.2, 0) is 0 Å². The maximum Gasteiger partial charge on any atom is 0.339 e. The Kier molecular flexibility index (Phi) is 6.95. The second kappa shape index (κ2) is 9.63. The predicted molar refractivity (Wildman–Crippen MR) is 115 cm³/mol. The van der Waals surface area contributed by atoms with Crippen molar-refractivity contribution in [2.45, 2.75) is 39.0 Å². The summed E-state index contributed by atoms with van der Waals surface area (Å²) in [7, 11) is 0. The normalized spacial score (nSPS) is 13.1. The van der Waals surface area contributed by atoms with Crippen LogP contribution in [0.4, 0.5) is 15.9 Å². The number of nitrogens with one attached hydrogen (secondary N) is 1. The van der Waals surface area contributed by atoms with Crippen molar-refractivity contribution in [3.63, 3.8) is 0 Å². The quantitative estimate of drug-likeness (QED) is 0.513. The lowest BCUT2D eigenvalue weighted by Gasteiger charge is -2.27. The van der Waals surface area contributed by atoms with Crippen molar-refractivity contribution in [2.75, 3.05) is 5.32 Å². The van der Waals surface area contributed by atoms with Gasteiger partial charge < -0.3 is 10.4 Å². The highest BCUT2D eigenvalue weighted by atomic mass is 35.5. The first-order valence-corrected chi connectivity index (χ1v) is 10.2. The summed E-state index contributed by atoms with van der Waals surface area (Å²) in [5, 5.41) is 12.9. The van der Waals surface area contributed by atoms with Gasteiger partial charge in [0.05, 0.1) is 11.3 Å². The molecule has 6 nitrogen and oxygen atoms in total. The molecule has 1 aliphatic rings. The Hall–Kier alpha value is -3.06. The second-order valence-electron chi connectivity index (χ2n) is 6.60. The summed E-state index contributed by atoms with van der Waals surface area (Å²) in [5.74, 6) is -0.659. The minimum absolute atomic E-state index is 0.0242. The molecule has 1 aliphatic carbocycles. The highest BCUT2D eigenvalue weighted by Gasteiger charge is 2.25. The SMILES string of the molecule is CC.O=C(O)c1cnccc1Nc1nc(-c2cc(Cl)ccc2F)ncc1C1CCC1. The number of carbonyl (C=O) groups is 1. The molecule has 4 rings (SSSR count). The zero-order valence-electron chi connectivity index (χ0n) is 16.7. The number of hydrogen-bond donors (Lipinski definition) is 2. The Morgan fingerprint density at radius 2 is 2.00 bits per heavy atom. The van der Waals surface area contributed by atoms with E-state index in [0.717, 1.165) is 24.8 Å². The van der Waals surface area contributed by atoms with Crippen molar-refractivity contribution < 1.29 is 14.3 Å². The van der Waals surface area contributed by atoms with Gasteiger partial charge in [0.2, 0.25) is 0 Å². The van der Waals surface area contributed by atoms with Gasteiger partial charge in [0.15, 0.2) is 5.82 Å². The molecule has 2 N–H and O–H groups in total. The fourth-order valence-electron chi connectivity index (χ4n) is 3.11. The molecule has 2 aromatic heterocycles. The third-order valence-corrected chi connectivity index (χ3v) is 5.07. The number of benzene rings is 1. The van der Waals surface area contributed by atoms with Crippen molar-refractivity contribution in [3.05, 3.63) is 64.8 Å². The van der Waals surface area contributed by atoms with Gasteiger partial charge >= 0.3 is 5.97 Å². The first-order valence-electron chi connectivity index (χ1n) is 9.79. The first-order chi connectivity index (χ1) is 14.5. The lowest BCUT2D eigenvalue weighted by atomic mass is 9.80. The molecule has 8 heteroatoms. The van der Waals surface area contributed by atoms with Crippen LogP contribution in [0.15, 0.2) is 42.9 Å². The van der Waals surface area contributed by atoms with E-state index in [1.807, 2.05) is 13.8 Å². The minimum Gasteiger partial charge on any atom is -0.478 e. The second-order valence-corrected chi connectivity index (χ2v) is 7.04. The molecule has 0 bridgehead atoms. The number of carboxylic acid groups (broad SMARTS) is 1. The van der Waals surface area contributed by atoms with Crippen molar-refractivity contribution in [1.29, 1.82) is 0 Å². The lowest BCUT2D eigenvalue weighted by Crippen LogP contribution is -2.14. The number of halogens is 2. The summed E-state index contributed by atoms with van der Waals surface area (Å²) in [6.07, 6.45) is 7.57. The van der Waals surface area contributed by atoms with Crippen LogP contribution in [0.2, 0.25) is 5.02 Å². The molecule has 1 saturated carbocycles. The van der Waals surface area contributed by atoms with Crippen LogP contribution in [0.5, 0.6) is 0 Å². The van der Waals surface area contributed by atoms with Crippen molar-refractivity contribution in [1.82, 2.24) is 15.0 Å². The van der Waals surface area contributed by atoms with Crippen LogP contribution in [0, 0.1) is 5.82 Å². The van der Waals surface area contributed by atoms with E-state index in [2.05, 4.69) is 20.3 Å². The molecule has 0 atom stereocenters. The number of nitrogens with zero attached hydrogens (tertiary/aromatic N) is 3. The van der Waals surface area contributed by atoms with Gasteiger partial charge in [0, 0.05) is 29.2 Å². The molecule has 0 amide bonds. The minimum atomic E-state index is -1.10. The molecule has 2 heterocycles. The molecule has 3 aromatic rings. The Labute approximate surface area is 179 Å². The summed E-state index contributed by atoms with van der Waals surface area (Å²) in [5.41, 5.74) is 1.45. The fraction of sp³-hybridized carbons (Fsp3) is 0.273. The molecule has 0 spiro atoms. The van der Waals surface area contributed by atoms with Crippen LogP contribution in [-0.4, -0.2) is 26.0 Å². The molecule has 0 saturated heterocycles. The Bertz CT molecular complexity index is 1060. The van der Waals surface area contributed by atoms with E-state index in [-0.39, 0.29) is 22.9 Å². The first kappa shape index (κ1) is 21.6. The number of aromatic nitrogens is 3. The van der Waals surface area contributed by atoms with E-state index in [9.17, 15) is 14.3 Å². The molecule has 156 valence electrons. The maximum atomic E-state index is 14.3. The highest BCUT2D eigenvalue weighted by molar-refractivity contribution is 6.30. The largest absolute Gasteiger partial charge is 0.478 e. The van der Waals surface area contributed by atoms with Crippen molar-refractivity contribution in [2.24, 2.45) is 0 Å². The molecule has 1 fully saturated rings. The van der Waals surface area contributed by atoms with Crippen LogP contribution < -0.4 is 5.32 Å². The van der Waals surface area contributed by atoms with Crippen LogP contribution >= 0.6 is 11.6 Å². The van der Waals surface area contributed by atoms with Crippen molar-refractivity contribution in [3.8, 4) is 11.4 Å². The van der Waals surface area contributed by atoms with E-state index < -0.39 is 11.8 Å². The maximum absolute atomic E-state index is 14.3. The molecular weight excluding hydrogens is 407 g/mol. The summed E-state index contributed by atoms with van der Waals surface area (Å²) in [6, 6.07) is 5.75. The van der Waals surface area contributed by atoms with E-state index in [1.165, 1.54) is 30.6 Å². The van der Waals surface area contributed by atoms with Gasteiger partial charge in [-0.1, -0.05) is 31.9 Å². The van der Waals surface area contributed by atoms with Gasteiger partial charge in [-0.25, -0.2) is 19.2 Å². The number of pyridine rings is 1. The molecular formula is C22H22ClFN4O2. The zero-order chi connectivity index (χ0) is 21.7. The Morgan fingerprint density at radius 3 is 2.67 bits per heavy atom. The van der Waals surface area contributed by atoms with Crippen molar-refractivity contribution >= 4 is 29.1 Å². The summed E-state index contributed by atoms with van der Waals surface area (Å²) in [4.78, 5) is 24.2. The summed E-state index contributed by atoms with van der Waals surface area (Å²) >= 11 is 6.00. The monoisotopic (exact) mass is 428 g/mol. The molecule has 0 aliphatic heterocycles. The zero-order valence-corrected chi connectivity index (χ0v) is 17.4. The molecule has 1 aromatic carbocycles. The van der Waals surface area contributed by atoms with Gasteiger partial charge in [-0.05, 0) is 43.0 Å². The number of hydrogen-bond acceptors (Lipinski definition) is 5. The van der Waals surface area contributed by atoms with Gasteiger partial charge in [0.25, 0.3) is 0 Å². The highest BCUT2D eigenvalue weighted by Crippen LogP contribution is 2.40. The third kappa shape index (κ3) is 4.57. The standard InChI is InChI=1S/C20H16ClFN4O2.C2H6/c21-12-4-5-16(22)13(8-12)18-24-10-14(11-2-1-3-11)19(26-18)25-17-6-7-23-9-15(17)20(27)28;1-2/h4-11H,1-3H2,(H,27,28)(H,23,24,25,26);1-2H3. The fourth-order valence-corrected chi connectivity index (χ4v) is 3.28. The van der Waals surface area contributed by atoms with Crippen LogP contribution in [0.1, 0.15) is 54.9 Å². The summed E-state index contributed by atoms with van der Waals surface area (Å²) in [6.45, 7) is 4.00. The van der Waals surface area contributed by atoms with Gasteiger partial charge in [-0.2, -0.15) is 0 Å². The third-order valence-electron chi connectivity index (χ3n) is 4.84. The molecule has 0 radical (unpaired) electrons. The Morgan fingerprint density at radius 1 is 1.23 bits per heavy atom. The van der Waals surface area contributed by atoms with Crippen LogP contribution in [0.25, 0.3) is 11.4 Å². The van der Waals surface area contributed by atoms with E-state index in [1.54, 1.807) is 12.3 Å². The van der Waals surface area contributed by atoms with E-state index in [0.29, 0.717) is 16.5 Å². The van der Waals surface area contributed by atoms with E-state index in [4.69, 9.17) is 11.6 Å². The van der Waals surface area contributed by atoms with Gasteiger partial charge in [-0.3, -0.25) is 4.98 Å². The van der Waals surface area contributed by atoms with Crippen LogP contribution in [0.3, 0.4) is 0 Å². The summed E-state index contributed by atoms with van der Waals surface area (Å²) < 4.78 is 14.3. The topological polar surface area (TPSA) is 88.0 Å². The number of aromatic carboxylic acids is 1. The lowest BCUT2D eigenvalue weighted by molar-refractivity contribution is 0.0697. The molecule has 0 unspecified atom stereocenters. The smallest absolute Gasteiger partial charge is 0.339 e.